The molecular weight excluding hydrogens is 260 g/mol. The standard InChI is InChI=1S/C18H22N2O/c1-4-19-17-12-11-14(3)13-16(17)18(21)20(5-2)15-9-7-6-8-10-15/h6-13,19H,4-5H2,1-3H3. The van der Waals surface area contributed by atoms with Crippen molar-refractivity contribution in [1.29, 1.82) is 0 Å². The average Bonchev–Trinajstić information content (AvgIpc) is 2.51. The molecule has 0 saturated carbocycles. The summed E-state index contributed by atoms with van der Waals surface area (Å²) in [6.07, 6.45) is 0. The van der Waals surface area contributed by atoms with Gasteiger partial charge >= 0.3 is 0 Å². The molecule has 0 atom stereocenters. The molecule has 0 aliphatic rings. The van der Waals surface area contributed by atoms with Gasteiger partial charge in [-0.3, -0.25) is 4.79 Å². The molecule has 2 aromatic rings. The van der Waals surface area contributed by atoms with Crippen LogP contribution < -0.4 is 10.2 Å². The van der Waals surface area contributed by atoms with Gasteiger partial charge in [0.05, 0.1) is 5.56 Å². The summed E-state index contributed by atoms with van der Waals surface area (Å²) in [5.74, 6) is 0.0309. The van der Waals surface area contributed by atoms with Crippen LogP contribution in [-0.4, -0.2) is 19.0 Å². The zero-order valence-electron chi connectivity index (χ0n) is 12.9. The molecule has 0 fully saturated rings. The Bertz CT molecular complexity index is 608. The van der Waals surface area contributed by atoms with Gasteiger partial charge in [-0.2, -0.15) is 0 Å². The van der Waals surface area contributed by atoms with Gasteiger partial charge in [0, 0.05) is 24.5 Å². The van der Waals surface area contributed by atoms with E-state index in [1.54, 1.807) is 4.90 Å². The SMILES string of the molecule is CCNc1ccc(C)cc1C(=O)N(CC)c1ccccc1. The fourth-order valence-corrected chi connectivity index (χ4v) is 2.38. The van der Waals surface area contributed by atoms with Crippen LogP contribution in [0.4, 0.5) is 11.4 Å². The molecule has 0 spiro atoms. The first-order valence-corrected chi connectivity index (χ1v) is 7.38. The van der Waals surface area contributed by atoms with E-state index in [0.717, 1.165) is 29.0 Å². The molecule has 0 aliphatic carbocycles. The number of amides is 1. The second-order valence-corrected chi connectivity index (χ2v) is 4.96. The van der Waals surface area contributed by atoms with E-state index >= 15 is 0 Å². The van der Waals surface area contributed by atoms with Crippen LogP contribution in [0, 0.1) is 6.92 Å². The van der Waals surface area contributed by atoms with Crippen LogP contribution in [0.1, 0.15) is 29.8 Å². The highest BCUT2D eigenvalue weighted by molar-refractivity contribution is 6.09. The number of para-hydroxylation sites is 1. The van der Waals surface area contributed by atoms with Crippen molar-refractivity contribution in [3.63, 3.8) is 0 Å². The molecule has 0 heterocycles. The van der Waals surface area contributed by atoms with Gasteiger partial charge in [0.2, 0.25) is 0 Å². The summed E-state index contributed by atoms with van der Waals surface area (Å²) >= 11 is 0. The van der Waals surface area contributed by atoms with Crippen molar-refractivity contribution in [2.75, 3.05) is 23.3 Å². The lowest BCUT2D eigenvalue weighted by molar-refractivity contribution is 0.0989. The zero-order valence-corrected chi connectivity index (χ0v) is 12.9. The van der Waals surface area contributed by atoms with E-state index in [2.05, 4.69) is 5.32 Å². The third-order valence-corrected chi connectivity index (χ3v) is 3.40. The van der Waals surface area contributed by atoms with E-state index in [4.69, 9.17) is 0 Å². The van der Waals surface area contributed by atoms with Crippen LogP contribution in [0.25, 0.3) is 0 Å². The van der Waals surface area contributed by atoms with Crippen LogP contribution in [0.15, 0.2) is 48.5 Å². The van der Waals surface area contributed by atoms with E-state index in [0.29, 0.717) is 6.54 Å². The molecule has 0 aromatic heterocycles. The molecule has 3 heteroatoms. The minimum atomic E-state index is 0.0309. The summed E-state index contributed by atoms with van der Waals surface area (Å²) in [4.78, 5) is 14.7. The van der Waals surface area contributed by atoms with Crippen molar-refractivity contribution < 1.29 is 4.79 Å². The van der Waals surface area contributed by atoms with Gasteiger partial charge in [-0.25, -0.2) is 0 Å². The molecule has 0 bridgehead atoms. The lowest BCUT2D eigenvalue weighted by atomic mass is 10.1. The molecule has 110 valence electrons. The number of hydrogen-bond acceptors (Lipinski definition) is 2. The maximum absolute atomic E-state index is 12.9. The smallest absolute Gasteiger partial charge is 0.260 e. The van der Waals surface area contributed by atoms with Gasteiger partial charge in [0.15, 0.2) is 0 Å². The van der Waals surface area contributed by atoms with Crippen molar-refractivity contribution >= 4 is 17.3 Å². The fourth-order valence-electron chi connectivity index (χ4n) is 2.38. The Balaban J connectivity index is 2.40. The molecule has 1 N–H and O–H groups in total. The fraction of sp³-hybridized carbons (Fsp3) is 0.278. The largest absolute Gasteiger partial charge is 0.385 e. The average molecular weight is 282 g/mol. The second kappa shape index (κ2) is 6.93. The number of rotatable bonds is 5. The molecule has 0 radical (unpaired) electrons. The maximum atomic E-state index is 12.9. The first-order chi connectivity index (χ1) is 10.2. The highest BCUT2D eigenvalue weighted by Crippen LogP contribution is 2.22. The van der Waals surface area contributed by atoms with E-state index in [1.165, 1.54) is 0 Å². The van der Waals surface area contributed by atoms with Crippen LogP contribution in [0.2, 0.25) is 0 Å². The minimum absolute atomic E-state index is 0.0309. The highest BCUT2D eigenvalue weighted by Gasteiger charge is 2.19. The molecule has 1 amide bonds. The van der Waals surface area contributed by atoms with Crippen molar-refractivity contribution in [2.24, 2.45) is 0 Å². The topological polar surface area (TPSA) is 32.3 Å². The maximum Gasteiger partial charge on any atom is 0.260 e. The Hall–Kier alpha value is -2.29. The van der Waals surface area contributed by atoms with Crippen LogP contribution in [0.3, 0.4) is 0 Å². The normalized spacial score (nSPS) is 10.2. The Morgan fingerprint density at radius 3 is 2.43 bits per heavy atom. The van der Waals surface area contributed by atoms with Gasteiger partial charge in [-0.15, -0.1) is 0 Å². The quantitative estimate of drug-likeness (QED) is 0.895. The van der Waals surface area contributed by atoms with E-state index in [9.17, 15) is 4.79 Å². The van der Waals surface area contributed by atoms with Crippen LogP contribution >= 0.6 is 0 Å². The number of carbonyl (C=O) groups is 1. The third kappa shape index (κ3) is 3.43. The summed E-state index contributed by atoms with van der Waals surface area (Å²) in [6, 6.07) is 15.7. The summed E-state index contributed by atoms with van der Waals surface area (Å²) in [7, 11) is 0. The molecule has 2 rings (SSSR count). The summed E-state index contributed by atoms with van der Waals surface area (Å²) in [5.41, 5.74) is 3.63. The molecular formula is C18H22N2O. The minimum Gasteiger partial charge on any atom is -0.385 e. The molecule has 0 saturated heterocycles. The van der Waals surface area contributed by atoms with Gasteiger partial charge in [-0.05, 0) is 45.0 Å². The zero-order chi connectivity index (χ0) is 15.2. The second-order valence-electron chi connectivity index (χ2n) is 4.96. The number of benzene rings is 2. The summed E-state index contributed by atoms with van der Waals surface area (Å²) in [6.45, 7) is 7.46. The predicted octanol–water partition coefficient (Wildman–Crippen LogP) is 4.09. The monoisotopic (exact) mass is 282 g/mol. The molecule has 3 nitrogen and oxygen atoms in total. The first kappa shape index (κ1) is 15.1. The van der Waals surface area contributed by atoms with Crippen molar-refractivity contribution in [3.05, 3.63) is 59.7 Å². The summed E-state index contributed by atoms with van der Waals surface area (Å²) < 4.78 is 0. The molecule has 0 unspecified atom stereocenters. The lowest BCUT2D eigenvalue weighted by Gasteiger charge is -2.23. The molecule has 2 aromatic carbocycles. The van der Waals surface area contributed by atoms with Crippen molar-refractivity contribution in [2.45, 2.75) is 20.8 Å². The predicted molar refractivity (Wildman–Crippen MR) is 89.1 cm³/mol. The van der Waals surface area contributed by atoms with E-state index < -0.39 is 0 Å². The van der Waals surface area contributed by atoms with Crippen LogP contribution in [-0.2, 0) is 0 Å². The van der Waals surface area contributed by atoms with Gasteiger partial charge in [-0.1, -0.05) is 29.8 Å². The number of aryl methyl sites for hydroxylation is 1. The van der Waals surface area contributed by atoms with E-state index in [1.807, 2.05) is 69.3 Å². The third-order valence-electron chi connectivity index (χ3n) is 3.40. The summed E-state index contributed by atoms with van der Waals surface area (Å²) in [5, 5.41) is 3.27. The molecule has 0 aliphatic heterocycles. The van der Waals surface area contributed by atoms with Crippen molar-refractivity contribution in [1.82, 2.24) is 0 Å². The van der Waals surface area contributed by atoms with E-state index in [-0.39, 0.29) is 5.91 Å². The highest BCUT2D eigenvalue weighted by atomic mass is 16.2. The number of hydrogen-bond donors (Lipinski definition) is 1. The van der Waals surface area contributed by atoms with Crippen molar-refractivity contribution in [3.8, 4) is 0 Å². The lowest BCUT2D eigenvalue weighted by Crippen LogP contribution is -2.31. The Morgan fingerprint density at radius 1 is 1.10 bits per heavy atom. The molecule has 21 heavy (non-hydrogen) atoms. The Labute approximate surface area is 126 Å². The number of nitrogens with one attached hydrogen (secondary N) is 1. The van der Waals surface area contributed by atoms with Crippen LogP contribution in [0.5, 0.6) is 0 Å². The Morgan fingerprint density at radius 2 is 1.81 bits per heavy atom. The van der Waals surface area contributed by atoms with Gasteiger partial charge in [0.1, 0.15) is 0 Å². The van der Waals surface area contributed by atoms with Gasteiger partial charge < -0.3 is 10.2 Å². The number of carbonyl (C=O) groups excluding carboxylic acids is 1. The van der Waals surface area contributed by atoms with Gasteiger partial charge in [0.25, 0.3) is 5.91 Å². The number of anilines is 2. The Kier molecular flexibility index (Phi) is 4.99. The number of nitrogens with zero attached hydrogens (tertiary/aromatic N) is 1. The first-order valence-electron chi connectivity index (χ1n) is 7.38.